The van der Waals surface area contributed by atoms with E-state index in [0.717, 1.165) is 24.0 Å². The highest BCUT2D eigenvalue weighted by Gasteiger charge is 2.41. The van der Waals surface area contributed by atoms with Crippen molar-refractivity contribution in [3.8, 4) is 0 Å². The summed E-state index contributed by atoms with van der Waals surface area (Å²) in [5, 5.41) is 10.3. The van der Waals surface area contributed by atoms with Crippen LogP contribution in [0.1, 0.15) is 48.3 Å². The SMILES string of the molecule is O=C(COC(=O)C1(O)CCCC1)N1Cc2ccccc2[C@H](c2ccccc2)C1. The van der Waals surface area contributed by atoms with Crippen molar-refractivity contribution in [3.63, 3.8) is 0 Å². The van der Waals surface area contributed by atoms with Gasteiger partial charge < -0.3 is 14.7 Å². The molecule has 1 aliphatic carbocycles. The molecule has 28 heavy (non-hydrogen) atoms. The summed E-state index contributed by atoms with van der Waals surface area (Å²) in [6.45, 7) is 0.715. The van der Waals surface area contributed by atoms with Gasteiger partial charge in [0.2, 0.25) is 0 Å². The van der Waals surface area contributed by atoms with Crippen LogP contribution in [0.4, 0.5) is 0 Å². The average molecular weight is 379 g/mol. The third kappa shape index (κ3) is 3.67. The first kappa shape index (κ1) is 18.7. The van der Waals surface area contributed by atoms with Gasteiger partial charge >= 0.3 is 5.97 Å². The van der Waals surface area contributed by atoms with Crippen molar-refractivity contribution in [2.24, 2.45) is 0 Å². The van der Waals surface area contributed by atoms with Crippen LogP contribution in [0.25, 0.3) is 0 Å². The zero-order valence-electron chi connectivity index (χ0n) is 15.8. The number of amides is 1. The van der Waals surface area contributed by atoms with Crippen molar-refractivity contribution < 1.29 is 19.4 Å². The van der Waals surface area contributed by atoms with Crippen molar-refractivity contribution >= 4 is 11.9 Å². The first-order valence-corrected chi connectivity index (χ1v) is 9.87. The average Bonchev–Trinajstić information content (AvgIpc) is 3.19. The number of aliphatic hydroxyl groups is 1. The Labute approximate surface area is 164 Å². The molecule has 1 N–H and O–H groups in total. The molecule has 5 heteroatoms. The largest absolute Gasteiger partial charge is 0.453 e. The molecule has 146 valence electrons. The van der Waals surface area contributed by atoms with Crippen LogP contribution in [0.15, 0.2) is 54.6 Å². The molecule has 1 fully saturated rings. The molecule has 0 aromatic heterocycles. The van der Waals surface area contributed by atoms with Crippen molar-refractivity contribution in [1.29, 1.82) is 0 Å². The fourth-order valence-electron chi connectivity index (χ4n) is 4.28. The number of benzene rings is 2. The zero-order valence-corrected chi connectivity index (χ0v) is 15.8. The number of carbonyl (C=O) groups is 2. The van der Waals surface area contributed by atoms with E-state index in [1.165, 1.54) is 5.56 Å². The van der Waals surface area contributed by atoms with Gasteiger partial charge in [-0.05, 0) is 42.4 Å². The van der Waals surface area contributed by atoms with Gasteiger partial charge in [-0.15, -0.1) is 0 Å². The highest BCUT2D eigenvalue weighted by molar-refractivity contribution is 5.84. The molecule has 0 bridgehead atoms. The minimum absolute atomic E-state index is 0.0878. The van der Waals surface area contributed by atoms with Crippen LogP contribution in [0.3, 0.4) is 0 Å². The lowest BCUT2D eigenvalue weighted by Crippen LogP contribution is -2.43. The van der Waals surface area contributed by atoms with E-state index < -0.39 is 11.6 Å². The fraction of sp³-hybridized carbons (Fsp3) is 0.391. The minimum atomic E-state index is -1.42. The number of fused-ring (bicyclic) bond motifs is 1. The molecule has 5 nitrogen and oxygen atoms in total. The van der Waals surface area contributed by atoms with Crippen LogP contribution in [-0.4, -0.2) is 40.6 Å². The number of esters is 1. The van der Waals surface area contributed by atoms with Crippen molar-refractivity contribution in [2.45, 2.75) is 43.7 Å². The first-order valence-electron chi connectivity index (χ1n) is 9.87. The van der Waals surface area contributed by atoms with E-state index in [1.807, 2.05) is 36.4 Å². The molecule has 1 heterocycles. The number of ether oxygens (including phenoxy) is 1. The molecule has 4 rings (SSSR count). The van der Waals surface area contributed by atoms with Gasteiger partial charge in [-0.3, -0.25) is 4.79 Å². The lowest BCUT2D eigenvalue weighted by molar-refractivity contribution is -0.168. The summed E-state index contributed by atoms with van der Waals surface area (Å²) < 4.78 is 5.19. The Morgan fingerprint density at radius 2 is 1.71 bits per heavy atom. The van der Waals surface area contributed by atoms with Crippen LogP contribution in [0, 0.1) is 0 Å². The monoisotopic (exact) mass is 379 g/mol. The van der Waals surface area contributed by atoms with Gasteiger partial charge in [-0.25, -0.2) is 4.79 Å². The molecule has 1 saturated carbocycles. The predicted octanol–water partition coefficient (Wildman–Crippen LogP) is 3.01. The summed E-state index contributed by atoms with van der Waals surface area (Å²) in [6.07, 6.45) is 2.43. The summed E-state index contributed by atoms with van der Waals surface area (Å²) in [5.74, 6) is -0.814. The minimum Gasteiger partial charge on any atom is -0.453 e. The van der Waals surface area contributed by atoms with Crippen LogP contribution in [0.2, 0.25) is 0 Å². The summed E-state index contributed by atoms with van der Waals surface area (Å²) in [7, 11) is 0. The lowest BCUT2D eigenvalue weighted by atomic mass is 9.84. The topological polar surface area (TPSA) is 66.8 Å². The highest BCUT2D eigenvalue weighted by Crippen LogP contribution is 2.34. The van der Waals surface area contributed by atoms with Gasteiger partial charge in [0.05, 0.1) is 0 Å². The second kappa shape index (κ2) is 7.76. The quantitative estimate of drug-likeness (QED) is 0.830. The Morgan fingerprint density at radius 1 is 1.04 bits per heavy atom. The summed E-state index contributed by atoms with van der Waals surface area (Å²) in [5.41, 5.74) is 2.08. The summed E-state index contributed by atoms with van der Waals surface area (Å²) in [6, 6.07) is 18.3. The number of hydrogen-bond acceptors (Lipinski definition) is 4. The normalized spacial score (nSPS) is 20.5. The fourth-order valence-corrected chi connectivity index (χ4v) is 4.28. The molecule has 1 amide bonds. The van der Waals surface area contributed by atoms with E-state index >= 15 is 0 Å². The number of nitrogens with zero attached hydrogens (tertiary/aromatic N) is 1. The van der Waals surface area contributed by atoms with E-state index in [2.05, 4.69) is 18.2 Å². The molecule has 1 atom stereocenters. The molecular formula is C23H25NO4. The molecule has 1 aliphatic heterocycles. The Kier molecular flexibility index (Phi) is 5.18. The summed E-state index contributed by atoms with van der Waals surface area (Å²) in [4.78, 5) is 26.7. The maximum Gasteiger partial charge on any atom is 0.338 e. The molecule has 2 aromatic carbocycles. The van der Waals surface area contributed by atoms with Crippen LogP contribution in [-0.2, 0) is 20.9 Å². The smallest absolute Gasteiger partial charge is 0.338 e. The summed E-state index contributed by atoms with van der Waals surface area (Å²) >= 11 is 0. The Morgan fingerprint density at radius 3 is 2.46 bits per heavy atom. The lowest BCUT2D eigenvalue weighted by Gasteiger charge is -2.35. The standard InChI is InChI=1S/C23H25NO4/c25-21(16-28-22(26)23(27)12-6-7-13-23)24-14-18-10-4-5-11-19(18)20(15-24)17-8-2-1-3-9-17/h1-5,8-11,20,27H,6-7,12-16H2/t20-/m0/s1. The molecule has 0 spiro atoms. The molecule has 0 saturated heterocycles. The first-order chi connectivity index (χ1) is 13.6. The Balaban J connectivity index is 1.48. The molecule has 0 unspecified atom stereocenters. The van der Waals surface area contributed by atoms with Crippen molar-refractivity contribution in [3.05, 3.63) is 71.3 Å². The molecule has 2 aliphatic rings. The van der Waals surface area contributed by atoms with E-state index in [4.69, 9.17) is 4.74 Å². The van der Waals surface area contributed by atoms with Gasteiger partial charge in [0.25, 0.3) is 5.91 Å². The highest BCUT2D eigenvalue weighted by atomic mass is 16.6. The molecule has 0 radical (unpaired) electrons. The van der Waals surface area contributed by atoms with Gasteiger partial charge in [0.1, 0.15) is 0 Å². The van der Waals surface area contributed by atoms with E-state index in [9.17, 15) is 14.7 Å². The Bertz CT molecular complexity index is 858. The third-order valence-corrected chi connectivity index (χ3v) is 5.89. The zero-order chi connectivity index (χ0) is 19.6. The van der Waals surface area contributed by atoms with Gasteiger partial charge in [0, 0.05) is 19.0 Å². The van der Waals surface area contributed by atoms with Crippen LogP contribution >= 0.6 is 0 Å². The maximum absolute atomic E-state index is 12.8. The van der Waals surface area contributed by atoms with Crippen LogP contribution in [0.5, 0.6) is 0 Å². The van der Waals surface area contributed by atoms with E-state index in [-0.39, 0.29) is 18.4 Å². The third-order valence-electron chi connectivity index (χ3n) is 5.89. The van der Waals surface area contributed by atoms with Crippen molar-refractivity contribution in [1.82, 2.24) is 4.90 Å². The molecule has 2 aromatic rings. The number of hydrogen-bond donors (Lipinski definition) is 1. The van der Waals surface area contributed by atoms with Crippen LogP contribution < -0.4 is 0 Å². The van der Waals surface area contributed by atoms with Crippen molar-refractivity contribution in [2.75, 3.05) is 13.2 Å². The maximum atomic E-state index is 12.8. The van der Waals surface area contributed by atoms with Gasteiger partial charge in [-0.2, -0.15) is 0 Å². The van der Waals surface area contributed by atoms with E-state index in [1.54, 1.807) is 4.90 Å². The Hall–Kier alpha value is -2.66. The number of rotatable bonds is 4. The second-order valence-electron chi connectivity index (χ2n) is 7.75. The number of carbonyl (C=O) groups excluding carboxylic acids is 2. The predicted molar refractivity (Wildman–Crippen MR) is 105 cm³/mol. The van der Waals surface area contributed by atoms with Gasteiger partial charge in [-0.1, -0.05) is 54.6 Å². The van der Waals surface area contributed by atoms with E-state index in [0.29, 0.717) is 25.9 Å². The second-order valence-corrected chi connectivity index (χ2v) is 7.75. The molecular weight excluding hydrogens is 354 g/mol. The van der Waals surface area contributed by atoms with Gasteiger partial charge in [0.15, 0.2) is 12.2 Å².